The van der Waals surface area contributed by atoms with Gasteiger partial charge in [-0.25, -0.2) is 4.39 Å². The predicted octanol–water partition coefficient (Wildman–Crippen LogP) is 18.2. The smallest absolute Gasteiger partial charge is 0.416 e. The Balaban J connectivity index is 0.860. The lowest BCUT2D eigenvalue weighted by Gasteiger charge is -2.38. The van der Waals surface area contributed by atoms with Crippen LogP contribution in [0.5, 0.6) is 11.5 Å². The van der Waals surface area contributed by atoms with Crippen LogP contribution in [-0.4, -0.2) is 17.6 Å². The van der Waals surface area contributed by atoms with Crippen LogP contribution in [0.3, 0.4) is 0 Å². The fourth-order valence-electron chi connectivity index (χ4n) is 12.1. The average molecular weight is 1030 g/mol. The van der Waals surface area contributed by atoms with Gasteiger partial charge in [0, 0.05) is 38.9 Å². The number of carbonyl (C=O) groups is 1. The Bertz CT molecular complexity index is 3470. The van der Waals surface area contributed by atoms with Gasteiger partial charge in [-0.3, -0.25) is 4.79 Å². The van der Waals surface area contributed by atoms with Crippen LogP contribution in [0.4, 0.5) is 23.2 Å². The van der Waals surface area contributed by atoms with Crippen molar-refractivity contribution in [3.05, 3.63) is 214 Å². The van der Waals surface area contributed by atoms with E-state index in [4.69, 9.17) is 9.47 Å². The highest BCUT2D eigenvalue weighted by atomic mass is 19.4. The van der Waals surface area contributed by atoms with E-state index in [-0.39, 0.29) is 17.0 Å². The normalized spacial score (nSPS) is 19.5. The average Bonchev–Trinajstić information content (AvgIpc) is 3.99. The molecule has 1 heterocycles. The molecule has 2 aliphatic carbocycles. The standard InChI is InChI=1S/C68H63F4NO4/c1-4-6-8-9-43-10-12-44(13-11-43)45-14-16-46(17-15-45)47-18-20-49(21-19-47)65(74)73-55-32-22-48(23-33-55)50-24-37-61-60(41-50)62-57-36-29-53(68(70,71)72)42-59(57)64-58(63(62)66(61,3)75)38-39-67(77-64,51-25-30-54(69)31-26-51)52-27-34-56(35-28-52)76-40-7-5-2/h14-39,41-44,75H,4-13,40H2,1-3H3,(H,73,74). The second kappa shape index (κ2) is 21.1. The Hall–Kier alpha value is -7.49. The van der Waals surface area contributed by atoms with Crippen LogP contribution in [0.2, 0.25) is 0 Å². The molecular weight excluding hydrogens is 971 g/mol. The van der Waals surface area contributed by atoms with Gasteiger partial charge in [0.05, 0.1) is 12.2 Å². The van der Waals surface area contributed by atoms with Gasteiger partial charge in [-0.15, -0.1) is 0 Å². The van der Waals surface area contributed by atoms with Gasteiger partial charge in [0.2, 0.25) is 0 Å². The highest BCUT2D eigenvalue weighted by Gasteiger charge is 2.46. The number of anilines is 1. The summed E-state index contributed by atoms with van der Waals surface area (Å²) in [6, 6.07) is 46.7. The van der Waals surface area contributed by atoms with E-state index in [0.717, 1.165) is 53.1 Å². The molecule has 11 rings (SSSR count). The topological polar surface area (TPSA) is 67.8 Å². The summed E-state index contributed by atoms with van der Waals surface area (Å²) in [4.78, 5) is 13.5. The molecule has 0 radical (unpaired) electrons. The maximum Gasteiger partial charge on any atom is 0.416 e. The molecule has 2 unspecified atom stereocenters. The molecule has 0 bridgehead atoms. The van der Waals surface area contributed by atoms with Gasteiger partial charge in [-0.1, -0.05) is 143 Å². The number of nitrogens with one attached hydrogen (secondary N) is 1. The number of carbonyl (C=O) groups excluding carboxylic acids is 1. The number of aliphatic hydroxyl groups is 1. The minimum absolute atomic E-state index is 0.159. The summed E-state index contributed by atoms with van der Waals surface area (Å²) in [6.07, 6.45) is 11.4. The Morgan fingerprint density at radius 1 is 0.701 bits per heavy atom. The number of hydrogen-bond acceptors (Lipinski definition) is 4. The Labute approximate surface area is 448 Å². The summed E-state index contributed by atoms with van der Waals surface area (Å²) in [6.45, 7) is 6.60. The molecule has 1 fully saturated rings. The van der Waals surface area contributed by atoms with Crippen LogP contribution >= 0.6 is 0 Å². The van der Waals surface area contributed by atoms with Crippen molar-refractivity contribution < 1.29 is 36.9 Å². The van der Waals surface area contributed by atoms with Gasteiger partial charge >= 0.3 is 6.18 Å². The molecule has 1 saturated carbocycles. The molecule has 8 aromatic carbocycles. The van der Waals surface area contributed by atoms with Crippen molar-refractivity contribution in [2.24, 2.45) is 5.92 Å². The van der Waals surface area contributed by atoms with Crippen molar-refractivity contribution in [3.8, 4) is 44.9 Å². The summed E-state index contributed by atoms with van der Waals surface area (Å²) in [7, 11) is 0. The van der Waals surface area contributed by atoms with E-state index < -0.39 is 28.8 Å². The molecule has 392 valence electrons. The van der Waals surface area contributed by atoms with E-state index in [1.165, 1.54) is 75.1 Å². The summed E-state index contributed by atoms with van der Waals surface area (Å²) in [5.74, 6) is 1.64. The zero-order valence-electron chi connectivity index (χ0n) is 43.8. The summed E-state index contributed by atoms with van der Waals surface area (Å²) in [5.41, 5.74) is 6.53. The third kappa shape index (κ3) is 10.1. The highest BCUT2D eigenvalue weighted by molar-refractivity contribution is 6.09. The molecule has 5 nitrogen and oxygen atoms in total. The maximum absolute atomic E-state index is 14.7. The van der Waals surface area contributed by atoms with Crippen molar-refractivity contribution >= 4 is 28.4 Å². The molecule has 3 aliphatic rings. The van der Waals surface area contributed by atoms with Gasteiger partial charge in [-0.2, -0.15) is 13.2 Å². The van der Waals surface area contributed by atoms with Crippen LogP contribution < -0.4 is 14.8 Å². The SMILES string of the molecule is CCCCCC1CCC(c2ccc(-c3ccc(C(=O)Nc4ccc(-c5ccc6c(c5)-c5c(c7c(c8cc(C(F)(F)F)ccc58)OC(c5ccc(F)cc5)(c5ccc(OCCCC)cc5)C=C7)C6(C)O)cc4)cc3)cc2)CC1. The molecule has 2 atom stereocenters. The second-order valence-electron chi connectivity index (χ2n) is 21.4. The molecule has 0 saturated heterocycles. The Kier molecular flexibility index (Phi) is 14.2. The lowest BCUT2D eigenvalue weighted by molar-refractivity contribution is -0.137. The van der Waals surface area contributed by atoms with Gasteiger partial charge in [0.15, 0.2) is 5.60 Å². The predicted molar refractivity (Wildman–Crippen MR) is 301 cm³/mol. The first-order valence-corrected chi connectivity index (χ1v) is 27.3. The zero-order valence-corrected chi connectivity index (χ0v) is 43.8. The number of hydrogen-bond donors (Lipinski definition) is 2. The van der Waals surface area contributed by atoms with Gasteiger partial charge in [-0.05, 0) is 174 Å². The summed E-state index contributed by atoms with van der Waals surface area (Å²) < 4.78 is 71.6. The first-order chi connectivity index (χ1) is 37.2. The van der Waals surface area contributed by atoms with Crippen LogP contribution in [-0.2, 0) is 17.4 Å². The molecule has 9 heteroatoms. The lowest BCUT2D eigenvalue weighted by atomic mass is 9.77. The third-order valence-corrected chi connectivity index (χ3v) is 16.4. The molecule has 77 heavy (non-hydrogen) atoms. The fraction of sp³-hybridized carbons (Fsp3) is 0.279. The Morgan fingerprint density at radius 3 is 1.99 bits per heavy atom. The quantitative estimate of drug-likeness (QED) is 0.0793. The molecule has 8 aromatic rings. The van der Waals surface area contributed by atoms with Gasteiger partial charge < -0.3 is 19.9 Å². The third-order valence-electron chi connectivity index (χ3n) is 16.4. The first kappa shape index (κ1) is 51.6. The monoisotopic (exact) mass is 1030 g/mol. The number of benzene rings is 8. The molecule has 2 N–H and O–H groups in total. The largest absolute Gasteiger partial charge is 0.494 e. The zero-order chi connectivity index (χ0) is 53.5. The van der Waals surface area contributed by atoms with Gasteiger partial charge in [0.1, 0.15) is 22.9 Å². The summed E-state index contributed by atoms with van der Waals surface area (Å²) in [5, 5.41) is 16.4. The van der Waals surface area contributed by atoms with E-state index in [1.807, 2.05) is 103 Å². The number of amides is 1. The summed E-state index contributed by atoms with van der Waals surface area (Å²) >= 11 is 0. The van der Waals surface area contributed by atoms with E-state index in [9.17, 15) is 27.5 Å². The van der Waals surface area contributed by atoms with Crippen LogP contribution in [0.15, 0.2) is 164 Å². The van der Waals surface area contributed by atoms with Crippen molar-refractivity contribution in [2.45, 2.75) is 108 Å². The minimum atomic E-state index is -4.67. The fourth-order valence-corrected chi connectivity index (χ4v) is 12.1. The van der Waals surface area contributed by atoms with Crippen molar-refractivity contribution in [1.82, 2.24) is 0 Å². The molecule has 1 aliphatic heterocycles. The number of fused-ring (bicyclic) bond motifs is 8. The van der Waals surface area contributed by atoms with E-state index in [1.54, 1.807) is 19.1 Å². The van der Waals surface area contributed by atoms with Crippen LogP contribution in [0.1, 0.15) is 140 Å². The Morgan fingerprint density at radius 2 is 1.32 bits per heavy atom. The van der Waals surface area contributed by atoms with Crippen molar-refractivity contribution in [2.75, 3.05) is 11.9 Å². The first-order valence-electron chi connectivity index (χ1n) is 27.3. The number of halogens is 4. The molecular formula is C68H63F4NO4. The number of alkyl halides is 3. The minimum Gasteiger partial charge on any atom is -0.494 e. The van der Waals surface area contributed by atoms with E-state index >= 15 is 0 Å². The van der Waals surface area contributed by atoms with Gasteiger partial charge in [0.25, 0.3) is 5.91 Å². The highest BCUT2D eigenvalue weighted by Crippen LogP contribution is 2.58. The number of ether oxygens (including phenoxy) is 2. The van der Waals surface area contributed by atoms with Crippen molar-refractivity contribution in [1.29, 1.82) is 0 Å². The van der Waals surface area contributed by atoms with Crippen LogP contribution in [0.25, 0.3) is 50.2 Å². The number of rotatable bonds is 15. The molecule has 0 spiro atoms. The lowest BCUT2D eigenvalue weighted by Crippen LogP contribution is -2.35. The van der Waals surface area contributed by atoms with E-state index in [2.05, 4.69) is 43.4 Å². The maximum atomic E-state index is 14.7. The van der Waals surface area contributed by atoms with E-state index in [0.29, 0.717) is 73.9 Å². The molecule has 0 aromatic heterocycles. The number of unbranched alkanes of at least 4 members (excludes halogenated alkanes) is 3. The molecule has 1 amide bonds. The second-order valence-corrected chi connectivity index (χ2v) is 21.4. The van der Waals surface area contributed by atoms with Crippen LogP contribution in [0, 0.1) is 11.7 Å². The van der Waals surface area contributed by atoms with Crippen molar-refractivity contribution in [3.63, 3.8) is 0 Å².